The predicted octanol–water partition coefficient (Wildman–Crippen LogP) is 3.25. The molecule has 1 aromatic rings. The number of hydrogen-bond acceptors (Lipinski definition) is 3. The largest absolute Gasteiger partial charge is 0.398 e. The predicted molar refractivity (Wildman–Crippen MR) is 71.6 cm³/mol. The lowest BCUT2D eigenvalue weighted by Gasteiger charge is -2.26. The van der Waals surface area contributed by atoms with Gasteiger partial charge >= 0.3 is 0 Å². The molecule has 0 aromatic carbocycles. The Labute approximate surface area is 102 Å². The van der Waals surface area contributed by atoms with E-state index in [1.54, 1.807) is 11.3 Å². The van der Waals surface area contributed by atoms with E-state index in [4.69, 9.17) is 5.73 Å². The molecule has 1 aliphatic carbocycles. The van der Waals surface area contributed by atoms with E-state index in [2.05, 4.69) is 17.6 Å². The van der Waals surface area contributed by atoms with Gasteiger partial charge in [-0.1, -0.05) is 19.8 Å². The highest BCUT2D eigenvalue weighted by Crippen LogP contribution is 2.27. The number of thiophene rings is 1. The van der Waals surface area contributed by atoms with Crippen LogP contribution in [-0.4, -0.2) is 6.54 Å². The molecule has 16 heavy (non-hydrogen) atoms. The Hall–Kier alpha value is -0.540. The molecule has 0 saturated heterocycles. The van der Waals surface area contributed by atoms with Gasteiger partial charge in [0, 0.05) is 17.1 Å². The molecule has 2 rings (SSSR count). The highest BCUT2D eigenvalue weighted by molar-refractivity contribution is 7.10. The summed E-state index contributed by atoms with van der Waals surface area (Å²) in [5.74, 6) is 1.83. The van der Waals surface area contributed by atoms with Crippen LogP contribution in [0.1, 0.15) is 37.5 Å². The van der Waals surface area contributed by atoms with E-state index in [1.165, 1.54) is 30.6 Å². The van der Waals surface area contributed by atoms with Crippen molar-refractivity contribution in [3.8, 4) is 0 Å². The zero-order valence-electron chi connectivity index (χ0n) is 10.0. The van der Waals surface area contributed by atoms with Gasteiger partial charge in [-0.05, 0) is 42.7 Å². The van der Waals surface area contributed by atoms with Gasteiger partial charge in [0.1, 0.15) is 0 Å². The van der Waals surface area contributed by atoms with Crippen LogP contribution in [0.5, 0.6) is 0 Å². The van der Waals surface area contributed by atoms with Crippen molar-refractivity contribution < 1.29 is 0 Å². The smallest absolute Gasteiger partial charge is 0.0468 e. The second-order valence-corrected chi connectivity index (χ2v) is 6.06. The van der Waals surface area contributed by atoms with Crippen LogP contribution >= 0.6 is 11.3 Å². The third-order valence-electron chi connectivity index (χ3n) is 3.63. The average molecular weight is 238 g/mol. The number of nitrogen functional groups attached to an aromatic ring is 1. The van der Waals surface area contributed by atoms with Gasteiger partial charge < -0.3 is 11.1 Å². The number of hydrogen-bond donors (Lipinski definition) is 2. The Morgan fingerprint density at radius 2 is 2.12 bits per heavy atom. The quantitative estimate of drug-likeness (QED) is 0.845. The van der Waals surface area contributed by atoms with E-state index in [9.17, 15) is 0 Å². The minimum absolute atomic E-state index is 0.886. The van der Waals surface area contributed by atoms with Crippen LogP contribution < -0.4 is 11.1 Å². The summed E-state index contributed by atoms with van der Waals surface area (Å²) in [7, 11) is 0. The fraction of sp³-hybridized carbons (Fsp3) is 0.692. The Balaban J connectivity index is 1.67. The molecule has 1 heterocycles. The normalized spacial score (nSPS) is 25.8. The second kappa shape index (κ2) is 5.69. The molecule has 0 bridgehead atoms. The maximum Gasteiger partial charge on any atom is 0.0468 e. The molecule has 0 unspecified atom stereocenters. The Kier molecular flexibility index (Phi) is 4.24. The highest BCUT2D eigenvalue weighted by atomic mass is 32.1. The van der Waals surface area contributed by atoms with Gasteiger partial charge in [-0.3, -0.25) is 0 Å². The Morgan fingerprint density at radius 1 is 1.38 bits per heavy atom. The van der Waals surface area contributed by atoms with Crippen molar-refractivity contribution in [2.75, 3.05) is 12.3 Å². The zero-order valence-corrected chi connectivity index (χ0v) is 10.9. The van der Waals surface area contributed by atoms with Crippen LogP contribution in [0, 0.1) is 11.8 Å². The van der Waals surface area contributed by atoms with E-state index < -0.39 is 0 Å². The number of anilines is 1. The summed E-state index contributed by atoms with van der Waals surface area (Å²) in [6.45, 7) is 4.47. The summed E-state index contributed by atoms with van der Waals surface area (Å²) in [5, 5.41) is 5.61. The number of nitrogens with two attached hydrogens (primary N) is 1. The monoisotopic (exact) mass is 238 g/mol. The minimum Gasteiger partial charge on any atom is -0.398 e. The van der Waals surface area contributed by atoms with Crippen molar-refractivity contribution in [2.45, 2.75) is 39.2 Å². The maximum atomic E-state index is 5.85. The molecule has 3 N–H and O–H groups in total. The molecule has 90 valence electrons. The van der Waals surface area contributed by atoms with Crippen molar-refractivity contribution in [1.29, 1.82) is 0 Å². The van der Waals surface area contributed by atoms with Gasteiger partial charge in [-0.15, -0.1) is 11.3 Å². The summed E-state index contributed by atoms with van der Waals surface area (Å²) in [5.41, 5.74) is 6.79. The van der Waals surface area contributed by atoms with Crippen LogP contribution in [0.25, 0.3) is 0 Å². The molecule has 1 aromatic heterocycles. The van der Waals surface area contributed by atoms with Crippen LogP contribution in [-0.2, 0) is 6.54 Å². The van der Waals surface area contributed by atoms with E-state index in [0.717, 1.165) is 30.6 Å². The van der Waals surface area contributed by atoms with Gasteiger partial charge in [0.05, 0.1) is 0 Å². The standard InChI is InChI=1S/C13H22N2S/c1-10-2-4-11(5-3-10)8-15-9-13-12(14)6-7-16-13/h6-7,10-11,15H,2-5,8-9,14H2,1H3. The summed E-state index contributed by atoms with van der Waals surface area (Å²) in [6.07, 6.45) is 5.61. The minimum atomic E-state index is 0.886. The summed E-state index contributed by atoms with van der Waals surface area (Å²) in [6, 6.07) is 1.99. The maximum absolute atomic E-state index is 5.85. The third kappa shape index (κ3) is 3.22. The first-order valence-electron chi connectivity index (χ1n) is 6.28. The van der Waals surface area contributed by atoms with Gasteiger partial charge in [-0.25, -0.2) is 0 Å². The lowest BCUT2D eigenvalue weighted by Crippen LogP contribution is -2.25. The lowest BCUT2D eigenvalue weighted by atomic mass is 9.83. The molecule has 1 fully saturated rings. The second-order valence-electron chi connectivity index (χ2n) is 5.06. The fourth-order valence-corrected chi connectivity index (χ4v) is 3.19. The molecule has 1 saturated carbocycles. The van der Waals surface area contributed by atoms with Crippen molar-refractivity contribution in [3.63, 3.8) is 0 Å². The van der Waals surface area contributed by atoms with E-state index in [0.29, 0.717) is 0 Å². The topological polar surface area (TPSA) is 38.0 Å². The van der Waals surface area contributed by atoms with Crippen LogP contribution in [0.2, 0.25) is 0 Å². The molecular weight excluding hydrogens is 216 g/mol. The first-order chi connectivity index (χ1) is 7.75. The molecule has 2 nitrogen and oxygen atoms in total. The van der Waals surface area contributed by atoms with Gasteiger partial charge in [0.25, 0.3) is 0 Å². The van der Waals surface area contributed by atoms with E-state index >= 15 is 0 Å². The van der Waals surface area contributed by atoms with Crippen molar-refractivity contribution >= 4 is 17.0 Å². The first-order valence-corrected chi connectivity index (χ1v) is 7.16. The highest BCUT2D eigenvalue weighted by Gasteiger charge is 2.17. The Morgan fingerprint density at radius 3 is 2.75 bits per heavy atom. The molecule has 0 spiro atoms. The van der Waals surface area contributed by atoms with Crippen molar-refractivity contribution in [3.05, 3.63) is 16.3 Å². The lowest BCUT2D eigenvalue weighted by molar-refractivity contribution is 0.282. The van der Waals surface area contributed by atoms with Crippen LogP contribution in [0.15, 0.2) is 11.4 Å². The molecule has 0 amide bonds. The van der Waals surface area contributed by atoms with Gasteiger partial charge in [0.2, 0.25) is 0 Å². The molecule has 1 aliphatic rings. The number of rotatable bonds is 4. The average Bonchev–Trinajstić information content (AvgIpc) is 2.68. The first kappa shape index (κ1) is 11.9. The van der Waals surface area contributed by atoms with Gasteiger partial charge in [0.15, 0.2) is 0 Å². The van der Waals surface area contributed by atoms with Crippen molar-refractivity contribution in [2.24, 2.45) is 11.8 Å². The molecular formula is C13H22N2S. The molecule has 0 atom stereocenters. The Bertz CT molecular complexity index is 313. The molecule has 0 aliphatic heterocycles. The van der Waals surface area contributed by atoms with Crippen molar-refractivity contribution in [1.82, 2.24) is 5.32 Å². The van der Waals surface area contributed by atoms with Crippen LogP contribution in [0.4, 0.5) is 5.69 Å². The van der Waals surface area contributed by atoms with Gasteiger partial charge in [-0.2, -0.15) is 0 Å². The van der Waals surface area contributed by atoms with E-state index in [1.807, 2.05) is 6.07 Å². The number of nitrogens with one attached hydrogen (secondary N) is 1. The summed E-state index contributed by atoms with van der Waals surface area (Å²) >= 11 is 1.75. The molecule has 3 heteroatoms. The zero-order chi connectivity index (χ0) is 11.4. The fourth-order valence-electron chi connectivity index (χ4n) is 2.42. The molecule has 0 radical (unpaired) electrons. The summed E-state index contributed by atoms with van der Waals surface area (Å²) < 4.78 is 0. The SMILES string of the molecule is CC1CCC(CNCc2sccc2N)CC1. The van der Waals surface area contributed by atoms with E-state index in [-0.39, 0.29) is 0 Å². The summed E-state index contributed by atoms with van der Waals surface area (Å²) in [4.78, 5) is 1.28. The van der Waals surface area contributed by atoms with Crippen LogP contribution in [0.3, 0.4) is 0 Å². The third-order valence-corrected chi connectivity index (χ3v) is 4.57.